The topological polar surface area (TPSA) is 37.3 Å². The van der Waals surface area contributed by atoms with Gasteiger partial charge in [0.25, 0.3) is 0 Å². The lowest BCUT2D eigenvalue weighted by atomic mass is 9.63. The number of carbonyl (C=O) groups excluding carboxylic acids is 1. The van der Waals surface area contributed by atoms with Gasteiger partial charge < -0.3 is 5.11 Å². The summed E-state index contributed by atoms with van der Waals surface area (Å²) in [6.07, 6.45) is 2.28. The molecular formula is C27H28O2. The van der Waals surface area contributed by atoms with Gasteiger partial charge in [-0.25, -0.2) is 0 Å². The van der Waals surface area contributed by atoms with E-state index >= 15 is 0 Å². The summed E-state index contributed by atoms with van der Waals surface area (Å²) in [4.78, 5) is 13.3. The molecule has 0 spiro atoms. The van der Waals surface area contributed by atoms with E-state index in [1.165, 1.54) is 11.1 Å². The van der Waals surface area contributed by atoms with Gasteiger partial charge in [0.2, 0.25) is 0 Å². The molecule has 0 aromatic heterocycles. The molecule has 0 heterocycles. The zero-order valence-corrected chi connectivity index (χ0v) is 17.7. The second kappa shape index (κ2) is 6.59. The lowest BCUT2D eigenvalue weighted by Crippen LogP contribution is -2.34. The van der Waals surface area contributed by atoms with Gasteiger partial charge >= 0.3 is 0 Å². The number of fused-ring (bicyclic) bond motifs is 2. The summed E-state index contributed by atoms with van der Waals surface area (Å²) < 4.78 is 0. The van der Waals surface area contributed by atoms with Gasteiger partial charge in [-0.3, -0.25) is 4.79 Å². The van der Waals surface area contributed by atoms with Gasteiger partial charge in [0.05, 0.1) is 0 Å². The van der Waals surface area contributed by atoms with Crippen LogP contribution in [0.1, 0.15) is 73.1 Å². The molecule has 0 unspecified atom stereocenters. The van der Waals surface area contributed by atoms with Crippen molar-refractivity contribution in [2.45, 2.75) is 51.4 Å². The minimum Gasteiger partial charge on any atom is -0.508 e. The number of hydrogen-bond acceptors (Lipinski definition) is 2. The van der Waals surface area contributed by atoms with E-state index in [-0.39, 0.29) is 22.4 Å². The number of carbonyl (C=O) groups is 1. The van der Waals surface area contributed by atoms with Gasteiger partial charge in [-0.05, 0) is 63.8 Å². The molecule has 148 valence electrons. The van der Waals surface area contributed by atoms with E-state index in [0.29, 0.717) is 11.1 Å². The summed E-state index contributed by atoms with van der Waals surface area (Å²) in [6.45, 7) is 12.7. The van der Waals surface area contributed by atoms with Crippen molar-refractivity contribution in [2.24, 2.45) is 0 Å². The number of aliphatic hydroxyl groups is 1. The Balaban J connectivity index is 1.75. The quantitative estimate of drug-likeness (QED) is 0.392. The maximum absolute atomic E-state index is 13.3. The lowest BCUT2D eigenvalue weighted by molar-refractivity contribution is 0.103. The third-order valence-electron chi connectivity index (χ3n) is 6.55. The Kier molecular flexibility index (Phi) is 4.42. The highest BCUT2D eigenvalue weighted by atomic mass is 16.3. The van der Waals surface area contributed by atoms with E-state index in [1.54, 1.807) is 0 Å². The first kappa shape index (κ1) is 19.4. The maximum atomic E-state index is 13.3. The standard InChI is InChI=1S/C27H28O2/c1-17(28)18-6-7-20-15-21(9-8-19(20)14-18)25(29)22-10-11-23-24(16-22)27(4,5)13-12-26(23,2)3/h6-11,14-16,28H,1,12-13H2,2-5H3. The van der Waals surface area contributed by atoms with Gasteiger partial charge in [-0.1, -0.05) is 70.7 Å². The van der Waals surface area contributed by atoms with Crippen LogP contribution < -0.4 is 0 Å². The normalized spacial score (nSPS) is 17.0. The van der Waals surface area contributed by atoms with Crippen LogP contribution in [0.15, 0.2) is 61.2 Å². The fraction of sp³-hybridized carbons (Fsp3) is 0.296. The van der Waals surface area contributed by atoms with Gasteiger partial charge in [-0.15, -0.1) is 0 Å². The number of rotatable bonds is 3. The molecule has 0 aliphatic heterocycles. The zero-order valence-electron chi connectivity index (χ0n) is 17.7. The molecule has 0 radical (unpaired) electrons. The van der Waals surface area contributed by atoms with Crippen LogP contribution >= 0.6 is 0 Å². The van der Waals surface area contributed by atoms with Crippen LogP contribution in [0.5, 0.6) is 0 Å². The highest BCUT2D eigenvalue weighted by Gasteiger charge is 2.37. The number of aliphatic hydroxyl groups excluding tert-OH is 1. The highest BCUT2D eigenvalue weighted by Crippen LogP contribution is 2.46. The highest BCUT2D eigenvalue weighted by molar-refractivity contribution is 6.11. The average Bonchev–Trinajstić information content (AvgIpc) is 2.70. The van der Waals surface area contributed by atoms with Crippen LogP contribution in [0.25, 0.3) is 16.5 Å². The Bertz CT molecular complexity index is 1150. The summed E-state index contributed by atoms with van der Waals surface area (Å²) in [6, 6.07) is 17.6. The molecule has 1 aliphatic rings. The maximum Gasteiger partial charge on any atom is 0.193 e. The molecule has 2 nitrogen and oxygen atoms in total. The lowest BCUT2D eigenvalue weighted by Gasteiger charge is -2.42. The molecular weight excluding hydrogens is 356 g/mol. The summed E-state index contributed by atoms with van der Waals surface area (Å²) in [7, 11) is 0. The Hall–Kier alpha value is -2.87. The molecule has 29 heavy (non-hydrogen) atoms. The predicted molar refractivity (Wildman–Crippen MR) is 121 cm³/mol. The first-order valence-corrected chi connectivity index (χ1v) is 10.2. The molecule has 0 atom stereocenters. The summed E-state index contributed by atoms with van der Waals surface area (Å²) in [5, 5.41) is 11.5. The fourth-order valence-corrected chi connectivity index (χ4v) is 4.46. The van der Waals surface area contributed by atoms with Crippen LogP contribution in [0.2, 0.25) is 0 Å². The van der Waals surface area contributed by atoms with Gasteiger partial charge in [0.1, 0.15) is 5.76 Å². The number of hydrogen-bond donors (Lipinski definition) is 1. The van der Waals surface area contributed by atoms with E-state index in [9.17, 15) is 9.90 Å². The van der Waals surface area contributed by atoms with Crippen molar-refractivity contribution >= 4 is 22.3 Å². The molecule has 3 aromatic carbocycles. The summed E-state index contributed by atoms with van der Waals surface area (Å²) >= 11 is 0. The first-order chi connectivity index (χ1) is 13.6. The monoisotopic (exact) mass is 384 g/mol. The Morgan fingerprint density at radius 1 is 0.759 bits per heavy atom. The van der Waals surface area contributed by atoms with Crippen LogP contribution in [-0.4, -0.2) is 10.9 Å². The van der Waals surface area contributed by atoms with Crippen LogP contribution in [-0.2, 0) is 10.8 Å². The second-order valence-electron chi connectivity index (χ2n) is 9.58. The Labute approximate surface area is 172 Å². The molecule has 0 fully saturated rings. The van der Waals surface area contributed by atoms with Gasteiger partial charge in [-0.2, -0.15) is 0 Å². The molecule has 0 saturated carbocycles. The number of benzene rings is 3. The first-order valence-electron chi connectivity index (χ1n) is 10.2. The number of ketones is 1. The summed E-state index contributed by atoms with van der Waals surface area (Å²) in [5.74, 6) is 0.0937. The van der Waals surface area contributed by atoms with Crippen LogP contribution in [0, 0.1) is 0 Å². The SMILES string of the molecule is C=C(O)c1ccc2cc(C(=O)c3ccc4c(c3)C(C)(C)CCC4(C)C)ccc2c1. The Morgan fingerprint density at radius 2 is 1.24 bits per heavy atom. The molecule has 4 rings (SSSR count). The van der Waals surface area contributed by atoms with E-state index in [4.69, 9.17) is 0 Å². The molecule has 0 saturated heterocycles. The molecule has 0 amide bonds. The predicted octanol–water partition coefficient (Wildman–Crippen LogP) is 6.95. The summed E-state index contributed by atoms with van der Waals surface area (Å²) in [5.41, 5.74) is 5.00. The molecule has 0 bridgehead atoms. The molecule has 1 N–H and O–H groups in total. The van der Waals surface area contributed by atoms with Gasteiger partial charge in [0, 0.05) is 16.7 Å². The Morgan fingerprint density at radius 3 is 1.86 bits per heavy atom. The fourth-order valence-electron chi connectivity index (χ4n) is 4.46. The van der Waals surface area contributed by atoms with Crippen molar-refractivity contribution in [1.82, 2.24) is 0 Å². The van der Waals surface area contributed by atoms with Crippen LogP contribution in [0.4, 0.5) is 0 Å². The van der Waals surface area contributed by atoms with E-state index < -0.39 is 0 Å². The minimum atomic E-state index is 0.0459. The minimum absolute atomic E-state index is 0.0459. The largest absolute Gasteiger partial charge is 0.508 e. The van der Waals surface area contributed by atoms with Crippen LogP contribution in [0.3, 0.4) is 0 Å². The third kappa shape index (κ3) is 3.37. The van der Waals surface area contributed by atoms with Crippen molar-refractivity contribution in [3.63, 3.8) is 0 Å². The smallest absolute Gasteiger partial charge is 0.193 e. The van der Waals surface area contributed by atoms with Crippen molar-refractivity contribution in [3.05, 3.63) is 89.0 Å². The van der Waals surface area contributed by atoms with Crippen molar-refractivity contribution < 1.29 is 9.90 Å². The van der Waals surface area contributed by atoms with Crippen molar-refractivity contribution in [3.8, 4) is 0 Å². The van der Waals surface area contributed by atoms with Crippen molar-refractivity contribution in [1.29, 1.82) is 0 Å². The molecule has 3 aromatic rings. The molecule has 2 heteroatoms. The van der Waals surface area contributed by atoms with Gasteiger partial charge in [0.15, 0.2) is 5.78 Å². The van der Waals surface area contributed by atoms with Crippen molar-refractivity contribution in [2.75, 3.05) is 0 Å². The second-order valence-corrected chi connectivity index (χ2v) is 9.58. The average molecular weight is 385 g/mol. The van der Waals surface area contributed by atoms with E-state index in [0.717, 1.165) is 29.2 Å². The van der Waals surface area contributed by atoms with E-state index in [2.05, 4.69) is 46.4 Å². The zero-order chi connectivity index (χ0) is 21.0. The molecule has 1 aliphatic carbocycles. The van der Waals surface area contributed by atoms with E-state index in [1.807, 2.05) is 42.5 Å². The third-order valence-corrected chi connectivity index (χ3v) is 6.55.